The number of methoxy groups -OCH3 is 1. The zero-order valence-corrected chi connectivity index (χ0v) is 20.3. The molecule has 1 aliphatic rings. The molecule has 3 aromatic rings. The molecule has 1 saturated heterocycles. The molecular weight excluding hydrogens is 502 g/mol. The third-order valence-corrected chi connectivity index (χ3v) is 6.34. The van der Waals surface area contributed by atoms with Crippen molar-refractivity contribution >= 4 is 39.3 Å². The van der Waals surface area contributed by atoms with Crippen molar-refractivity contribution in [3.63, 3.8) is 0 Å². The second-order valence-corrected chi connectivity index (χ2v) is 8.88. The Morgan fingerprint density at radius 3 is 2.65 bits per heavy atom. The van der Waals surface area contributed by atoms with Crippen molar-refractivity contribution < 1.29 is 24.2 Å². The molecule has 9 heteroatoms. The number of carbonyl (C=O) groups is 3. The van der Waals surface area contributed by atoms with Crippen molar-refractivity contribution in [2.75, 3.05) is 7.11 Å². The molecule has 3 heterocycles. The van der Waals surface area contributed by atoms with Crippen LogP contribution in [0, 0.1) is 13.8 Å². The number of benzene rings is 1. The van der Waals surface area contributed by atoms with Gasteiger partial charge in [-0.3, -0.25) is 14.6 Å². The molecule has 1 aromatic carbocycles. The second-order valence-electron chi connectivity index (χ2n) is 7.96. The zero-order chi connectivity index (χ0) is 24.6. The Morgan fingerprint density at radius 1 is 1.24 bits per heavy atom. The first-order valence-electron chi connectivity index (χ1n) is 10.4. The molecule has 1 fully saturated rings. The van der Waals surface area contributed by atoms with Gasteiger partial charge in [-0.05, 0) is 48.7 Å². The number of likely N-dealkylation sites (tertiary alicyclic amines) is 1. The number of nitrogens with one attached hydrogen (secondary N) is 1. The summed E-state index contributed by atoms with van der Waals surface area (Å²) < 4.78 is 5.57. The van der Waals surface area contributed by atoms with Crippen LogP contribution in [0.15, 0.2) is 58.8 Å². The standard InChI is InChI=1S/C25H22BrN3O5/c1-13-18(14(2)28-20(13)25(33)34-3)22(30)19-21(16-7-4-8-17(26)10-16)29(24(32)23(19)31)12-15-6-5-9-27-11-15/h4-11,21,28,30H,12H2,1-3H3/b22-19+/t21-/m0/s1. The van der Waals surface area contributed by atoms with E-state index >= 15 is 0 Å². The fourth-order valence-electron chi connectivity index (χ4n) is 4.30. The molecule has 1 atom stereocenters. The summed E-state index contributed by atoms with van der Waals surface area (Å²) in [7, 11) is 1.26. The van der Waals surface area contributed by atoms with E-state index in [9.17, 15) is 19.5 Å². The molecule has 0 spiro atoms. The Hall–Kier alpha value is -3.72. The van der Waals surface area contributed by atoms with Crippen LogP contribution in [0.25, 0.3) is 5.76 Å². The van der Waals surface area contributed by atoms with Crippen molar-refractivity contribution in [1.82, 2.24) is 14.9 Å². The molecule has 0 bridgehead atoms. The highest BCUT2D eigenvalue weighted by Crippen LogP contribution is 2.42. The van der Waals surface area contributed by atoms with E-state index in [0.717, 1.165) is 10.0 Å². The Kier molecular flexibility index (Phi) is 6.39. The fraction of sp³-hybridized carbons (Fsp3) is 0.200. The van der Waals surface area contributed by atoms with Gasteiger partial charge in [-0.25, -0.2) is 4.79 Å². The summed E-state index contributed by atoms with van der Waals surface area (Å²) in [5, 5.41) is 11.4. The third-order valence-electron chi connectivity index (χ3n) is 5.84. The number of ether oxygens (including phenoxy) is 1. The van der Waals surface area contributed by atoms with E-state index in [-0.39, 0.29) is 23.6 Å². The van der Waals surface area contributed by atoms with Crippen LogP contribution >= 0.6 is 15.9 Å². The van der Waals surface area contributed by atoms with E-state index < -0.39 is 23.7 Å². The van der Waals surface area contributed by atoms with Gasteiger partial charge in [-0.1, -0.05) is 34.1 Å². The van der Waals surface area contributed by atoms with Gasteiger partial charge in [0.1, 0.15) is 11.5 Å². The predicted molar refractivity (Wildman–Crippen MR) is 128 cm³/mol. The lowest BCUT2D eigenvalue weighted by Crippen LogP contribution is -2.29. The highest BCUT2D eigenvalue weighted by molar-refractivity contribution is 9.10. The number of aliphatic hydroxyl groups is 1. The average molecular weight is 524 g/mol. The zero-order valence-electron chi connectivity index (χ0n) is 18.8. The Morgan fingerprint density at radius 2 is 2.00 bits per heavy atom. The largest absolute Gasteiger partial charge is 0.507 e. The van der Waals surface area contributed by atoms with Gasteiger partial charge in [0.2, 0.25) is 0 Å². The van der Waals surface area contributed by atoms with Gasteiger partial charge in [0.25, 0.3) is 11.7 Å². The first kappa shape index (κ1) is 23.4. The highest BCUT2D eigenvalue weighted by Gasteiger charge is 2.46. The maximum atomic E-state index is 13.3. The Balaban J connectivity index is 1.92. The number of H-pyrrole nitrogens is 1. The number of pyridine rings is 1. The molecule has 0 radical (unpaired) electrons. The summed E-state index contributed by atoms with van der Waals surface area (Å²) in [4.78, 5) is 47.0. The molecule has 2 N–H and O–H groups in total. The number of aromatic nitrogens is 2. The number of carbonyl (C=O) groups excluding carboxylic acids is 3. The first-order valence-corrected chi connectivity index (χ1v) is 11.2. The molecular formula is C25H22BrN3O5. The summed E-state index contributed by atoms with van der Waals surface area (Å²) in [5.74, 6) is -2.47. The molecule has 4 rings (SSSR count). The average Bonchev–Trinajstić information content (AvgIpc) is 3.26. The van der Waals surface area contributed by atoms with Crippen LogP contribution in [0.5, 0.6) is 0 Å². The van der Waals surface area contributed by atoms with Crippen LogP contribution in [-0.2, 0) is 20.9 Å². The van der Waals surface area contributed by atoms with Crippen LogP contribution in [0.2, 0.25) is 0 Å². The topological polar surface area (TPSA) is 113 Å². The van der Waals surface area contributed by atoms with Crippen molar-refractivity contribution in [1.29, 1.82) is 0 Å². The molecule has 8 nitrogen and oxygen atoms in total. The minimum absolute atomic E-state index is 0.0476. The van der Waals surface area contributed by atoms with Gasteiger partial charge < -0.3 is 19.7 Å². The van der Waals surface area contributed by atoms with E-state index in [1.165, 1.54) is 12.0 Å². The van der Waals surface area contributed by atoms with E-state index in [4.69, 9.17) is 4.74 Å². The first-order chi connectivity index (χ1) is 16.2. The number of nitrogens with zero attached hydrogens (tertiary/aromatic N) is 2. The number of hydrogen-bond acceptors (Lipinski definition) is 6. The summed E-state index contributed by atoms with van der Waals surface area (Å²) in [6, 6.07) is 9.95. The van der Waals surface area contributed by atoms with E-state index in [1.807, 2.05) is 12.1 Å². The summed E-state index contributed by atoms with van der Waals surface area (Å²) in [6.45, 7) is 3.45. The van der Waals surface area contributed by atoms with Gasteiger partial charge in [0.05, 0.1) is 18.7 Å². The minimum atomic E-state index is -0.840. The molecule has 2 aromatic heterocycles. The van der Waals surface area contributed by atoms with Gasteiger partial charge >= 0.3 is 5.97 Å². The number of amides is 1. The van der Waals surface area contributed by atoms with E-state index in [1.54, 1.807) is 50.5 Å². The number of rotatable bonds is 5. The van der Waals surface area contributed by atoms with Crippen molar-refractivity contribution in [3.8, 4) is 0 Å². The Labute approximate surface area is 204 Å². The monoisotopic (exact) mass is 523 g/mol. The van der Waals surface area contributed by atoms with Gasteiger partial charge in [-0.15, -0.1) is 0 Å². The van der Waals surface area contributed by atoms with Crippen molar-refractivity contribution in [3.05, 3.63) is 92.5 Å². The van der Waals surface area contributed by atoms with Gasteiger partial charge in [-0.2, -0.15) is 0 Å². The van der Waals surface area contributed by atoms with E-state index in [0.29, 0.717) is 22.4 Å². The molecule has 34 heavy (non-hydrogen) atoms. The third kappa shape index (κ3) is 4.03. The number of Topliss-reactive ketones (excluding diaryl/α,β-unsaturated/α-hetero) is 1. The number of hydrogen-bond donors (Lipinski definition) is 2. The van der Waals surface area contributed by atoms with Crippen LogP contribution < -0.4 is 0 Å². The van der Waals surface area contributed by atoms with Crippen LogP contribution in [-0.4, -0.2) is 44.7 Å². The van der Waals surface area contributed by atoms with Crippen molar-refractivity contribution in [2.24, 2.45) is 0 Å². The second kappa shape index (κ2) is 9.26. The number of aryl methyl sites for hydroxylation is 1. The van der Waals surface area contributed by atoms with Crippen molar-refractivity contribution in [2.45, 2.75) is 26.4 Å². The van der Waals surface area contributed by atoms with Gasteiger partial charge in [0.15, 0.2) is 0 Å². The maximum Gasteiger partial charge on any atom is 0.354 e. The smallest absolute Gasteiger partial charge is 0.354 e. The number of aromatic amines is 1. The quantitative estimate of drug-likeness (QED) is 0.224. The van der Waals surface area contributed by atoms with Gasteiger partial charge in [0, 0.05) is 34.7 Å². The molecule has 0 saturated carbocycles. The number of aliphatic hydroxyl groups excluding tert-OH is 1. The Bertz CT molecular complexity index is 1330. The number of ketones is 1. The lowest BCUT2D eigenvalue weighted by molar-refractivity contribution is -0.140. The summed E-state index contributed by atoms with van der Waals surface area (Å²) >= 11 is 3.45. The SMILES string of the molecule is COC(=O)c1[nH]c(C)c(/C(O)=C2\C(=O)C(=O)N(Cc3cccnc3)[C@H]2c2cccc(Br)c2)c1C. The maximum absolute atomic E-state index is 13.3. The molecule has 1 amide bonds. The van der Waals surface area contributed by atoms with Crippen LogP contribution in [0.1, 0.15) is 44.5 Å². The lowest BCUT2D eigenvalue weighted by atomic mass is 9.94. The fourth-order valence-corrected chi connectivity index (χ4v) is 4.72. The molecule has 174 valence electrons. The summed E-state index contributed by atoms with van der Waals surface area (Å²) in [6.07, 6.45) is 3.25. The number of esters is 1. The molecule has 0 aliphatic carbocycles. The van der Waals surface area contributed by atoms with E-state index in [2.05, 4.69) is 25.9 Å². The summed E-state index contributed by atoms with van der Waals surface area (Å²) in [5.41, 5.74) is 2.71. The number of halogens is 1. The molecule has 1 aliphatic heterocycles. The lowest BCUT2D eigenvalue weighted by Gasteiger charge is -2.25. The minimum Gasteiger partial charge on any atom is -0.507 e. The van der Waals surface area contributed by atoms with Crippen LogP contribution in [0.3, 0.4) is 0 Å². The molecule has 0 unspecified atom stereocenters. The normalized spacial score (nSPS) is 17.3. The van der Waals surface area contributed by atoms with Crippen LogP contribution in [0.4, 0.5) is 0 Å². The predicted octanol–water partition coefficient (Wildman–Crippen LogP) is 4.20. The highest BCUT2D eigenvalue weighted by atomic mass is 79.9.